The Kier molecular flexibility index (Phi) is 7.54. The predicted molar refractivity (Wildman–Crippen MR) is 82.9 cm³/mol. The number of hydrogen-bond acceptors (Lipinski definition) is 6. The van der Waals surface area contributed by atoms with E-state index < -0.39 is 6.29 Å². The first kappa shape index (κ1) is 17.6. The van der Waals surface area contributed by atoms with Crippen LogP contribution < -0.4 is 0 Å². The largest absolute Gasteiger partial charge is 0.485 e. The number of aromatic nitrogens is 1. The second kappa shape index (κ2) is 9.45. The van der Waals surface area contributed by atoms with Crippen LogP contribution in [0.15, 0.2) is 46.9 Å². The number of allylic oxidation sites excluding steroid dienone is 1. The topological polar surface area (TPSA) is 76.7 Å². The first-order chi connectivity index (χ1) is 10.7. The van der Waals surface area contributed by atoms with Crippen molar-refractivity contribution < 1.29 is 14.2 Å². The molecule has 1 aromatic rings. The van der Waals surface area contributed by atoms with Crippen LogP contribution in [0.25, 0.3) is 0 Å². The maximum Gasteiger partial charge on any atom is 0.186 e. The molecule has 6 nitrogen and oxygen atoms in total. The summed E-state index contributed by atoms with van der Waals surface area (Å²) < 4.78 is 16.2. The van der Waals surface area contributed by atoms with Crippen LogP contribution in [-0.4, -0.2) is 32.2 Å². The summed E-state index contributed by atoms with van der Waals surface area (Å²) in [7, 11) is 3.08. The maximum absolute atomic E-state index is 8.75. The summed E-state index contributed by atoms with van der Waals surface area (Å²) in [6.45, 7) is 5.51. The van der Waals surface area contributed by atoms with Crippen molar-refractivity contribution >= 4 is 6.72 Å². The molecule has 0 atom stereocenters. The van der Waals surface area contributed by atoms with E-state index >= 15 is 0 Å². The van der Waals surface area contributed by atoms with E-state index in [0.717, 1.165) is 0 Å². The second-order valence-corrected chi connectivity index (χ2v) is 4.16. The minimum atomic E-state index is -0.563. The molecular weight excluding hydrogens is 282 g/mol. The number of hydrogen-bond donors (Lipinski definition) is 0. The highest BCUT2D eigenvalue weighted by atomic mass is 16.7. The lowest BCUT2D eigenvalue weighted by Gasteiger charge is -2.19. The van der Waals surface area contributed by atoms with Gasteiger partial charge in [0.15, 0.2) is 6.29 Å². The Morgan fingerprint density at radius 3 is 2.64 bits per heavy atom. The van der Waals surface area contributed by atoms with Crippen LogP contribution >= 0.6 is 0 Å². The van der Waals surface area contributed by atoms with Crippen LogP contribution in [0.3, 0.4) is 0 Å². The van der Waals surface area contributed by atoms with Gasteiger partial charge in [0.1, 0.15) is 18.4 Å². The van der Waals surface area contributed by atoms with Gasteiger partial charge in [0.25, 0.3) is 0 Å². The van der Waals surface area contributed by atoms with Crippen molar-refractivity contribution in [3.05, 3.63) is 53.2 Å². The molecule has 1 heterocycles. The van der Waals surface area contributed by atoms with E-state index in [1.165, 1.54) is 12.4 Å². The molecule has 0 aromatic carbocycles. The van der Waals surface area contributed by atoms with Crippen LogP contribution in [0, 0.1) is 11.3 Å². The number of methoxy groups -OCH3 is 2. The van der Waals surface area contributed by atoms with Crippen LogP contribution in [-0.2, 0) is 20.8 Å². The third-order valence-corrected chi connectivity index (χ3v) is 2.82. The number of ether oxygens (including phenoxy) is 3. The van der Waals surface area contributed by atoms with Crippen LogP contribution in [0.1, 0.15) is 18.2 Å². The average Bonchev–Trinajstić information content (AvgIpc) is 2.57. The Bertz CT molecular complexity index is 582. The van der Waals surface area contributed by atoms with Gasteiger partial charge in [-0.15, -0.1) is 0 Å². The summed E-state index contributed by atoms with van der Waals surface area (Å²) in [5.41, 5.74) is 1.89. The predicted octanol–water partition coefficient (Wildman–Crippen LogP) is 2.58. The first-order valence-corrected chi connectivity index (χ1v) is 6.56. The average molecular weight is 301 g/mol. The maximum atomic E-state index is 8.75. The summed E-state index contributed by atoms with van der Waals surface area (Å²) in [6, 6.07) is 5.43. The first-order valence-electron chi connectivity index (χ1n) is 6.56. The summed E-state index contributed by atoms with van der Waals surface area (Å²) >= 11 is 0. The SMILES string of the molecule is C=N/C=C(OCc1ccc(C#N)cn1)\C(=C/C)C(OC)OC. The van der Waals surface area contributed by atoms with Crippen LogP contribution in [0.2, 0.25) is 0 Å². The molecule has 1 aromatic heterocycles. The minimum absolute atomic E-state index is 0.227. The lowest BCUT2D eigenvalue weighted by Crippen LogP contribution is -2.18. The molecule has 0 bridgehead atoms. The van der Waals surface area contributed by atoms with Crippen molar-refractivity contribution in [2.45, 2.75) is 19.8 Å². The molecule has 0 saturated heterocycles. The Morgan fingerprint density at radius 1 is 1.45 bits per heavy atom. The van der Waals surface area contributed by atoms with E-state index in [2.05, 4.69) is 16.7 Å². The highest BCUT2D eigenvalue weighted by molar-refractivity contribution is 5.32. The summed E-state index contributed by atoms with van der Waals surface area (Å²) in [4.78, 5) is 7.89. The monoisotopic (exact) mass is 301 g/mol. The van der Waals surface area contributed by atoms with Crippen molar-refractivity contribution in [2.75, 3.05) is 14.2 Å². The van der Waals surface area contributed by atoms with Gasteiger partial charge in [0, 0.05) is 26.0 Å². The number of pyridine rings is 1. The van der Waals surface area contributed by atoms with Crippen molar-refractivity contribution in [2.24, 2.45) is 4.99 Å². The molecule has 0 amide bonds. The van der Waals surface area contributed by atoms with Crippen molar-refractivity contribution in [1.29, 1.82) is 5.26 Å². The molecule has 0 aliphatic rings. The minimum Gasteiger partial charge on any atom is -0.485 e. The Labute approximate surface area is 130 Å². The number of nitriles is 1. The third kappa shape index (κ3) is 4.81. The number of nitrogens with zero attached hydrogens (tertiary/aromatic N) is 3. The van der Waals surface area contributed by atoms with Crippen molar-refractivity contribution in [3.63, 3.8) is 0 Å². The van der Waals surface area contributed by atoms with E-state index in [4.69, 9.17) is 19.5 Å². The Balaban J connectivity index is 2.86. The van der Waals surface area contributed by atoms with Crippen LogP contribution in [0.5, 0.6) is 0 Å². The molecule has 116 valence electrons. The second-order valence-electron chi connectivity index (χ2n) is 4.16. The van der Waals surface area contributed by atoms with Gasteiger partial charge < -0.3 is 14.2 Å². The molecule has 0 saturated carbocycles. The molecule has 0 radical (unpaired) electrons. The van der Waals surface area contributed by atoms with Gasteiger partial charge in [-0.25, -0.2) is 0 Å². The third-order valence-electron chi connectivity index (χ3n) is 2.82. The van der Waals surface area contributed by atoms with Crippen LogP contribution in [0.4, 0.5) is 0 Å². The fraction of sp³-hybridized carbons (Fsp3) is 0.312. The standard InChI is InChI=1S/C16H19N3O3/c1-5-14(16(20-3)21-4)15(10-18-2)22-11-13-7-6-12(8-17)9-19-13/h5-7,9-10,16H,2,11H2,1,3-4H3/b14-5+,15-10+. The fourth-order valence-electron chi connectivity index (χ4n) is 1.75. The van der Waals surface area contributed by atoms with E-state index in [9.17, 15) is 0 Å². The quantitative estimate of drug-likeness (QED) is 0.319. The van der Waals surface area contributed by atoms with Gasteiger partial charge in [-0.05, 0) is 25.8 Å². The summed E-state index contributed by atoms with van der Waals surface area (Å²) in [5, 5.41) is 8.75. The van der Waals surface area contributed by atoms with Gasteiger partial charge >= 0.3 is 0 Å². The fourth-order valence-corrected chi connectivity index (χ4v) is 1.75. The van der Waals surface area contributed by atoms with Gasteiger partial charge in [-0.3, -0.25) is 9.98 Å². The lowest BCUT2D eigenvalue weighted by molar-refractivity contribution is -0.0772. The zero-order chi connectivity index (χ0) is 16.4. The molecule has 0 unspecified atom stereocenters. The lowest BCUT2D eigenvalue weighted by atomic mass is 10.2. The Morgan fingerprint density at radius 2 is 2.18 bits per heavy atom. The molecule has 22 heavy (non-hydrogen) atoms. The number of rotatable bonds is 8. The van der Waals surface area contributed by atoms with Crippen molar-refractivity contribution in [3.8, 4) is 6.07 Å². The van der Waals surface area contributed by atoms with E-state index in [1.54, 1.807) is 26.4 Å². The molecule has 0 N–H and O–H groups in total. The van der Waals surface area contributed by atoms with E-state index in [0.29, 0.717) is 22.6 Å². The van der Waals surface area contributed by atoms with Gasteiger partial charge in [0.05, 0.1) is 17.5 Å². The van der Waals surface area contributed by atoms with E-state index in [1.807, 2.05) is 19.1 Å². The van der Waals surface area contributed by atoms with Gasteiger partial charge in [-0.1, -0.05) is 6.08 Å². The molecule has 0 aliphatic heterocycles. The molecule has 0 spiro atoms. The number of aliphatic imine (C=N–C) groups is 1. The molecule has 1 rings (SSSR count). The molecule has 0 fully saturated rings. The van der Waals surface area contributed by atoms with Crippen molar-refractivity contribution in [1.82, 2.24) is 4.98 Å². The molecule has 6 heteroatoms. The van der Waals surface area contributed by atoms with Gasteiger partial charge in [0.2, 0.25) is 0 Å². The highest BCUT2D eigenvalue weighted by Gasteiger charge is 2.18. The zero-order valence-corrected chi connectivity index (χ0v) is 12.9. The summed E-state index contributed by atoms with van der Waals surface area (Å²) in [5.74, 6) is 0.484. The highest BCUT2D eigenvalue weighted by Crippen LogP contribution is 2.20. The smallest absolute Gasteiger partial charge is 0.186 e. The zero-order valence-electron chi connectivity index (χ0n) is 12.9. The Hall–Kier alpha value is -2.49. The normalized spacial score (nSPS) is 12.1. The molecule has 0 aliphatic carbocycles. The molecular formula is C16H19N3O3. The van der Waals surface area contributed by atoms with Gasteiger partial charge in [-0.2, -0.15) is 5.26 Å². The van der Waals surface area contributed by atoms with E-state index in [-0.39, 0.29) is 6.61 Å². The summed E-state index contributed by atoms with van der Waals surface area (Å²) in [6.07, 6.45) is 4.24.